The van der Waals surface area contributed by atoms with Crippen LogP contribution in [0.1, 0.15) is 59.8 Å². The fraction of sp³-hybridized carbons (Fsp3) is 0.545. The van der Waals surface area contributed by atoms with E-state index in [2.05, 4.69) is 38.7 Å². The van der Waals surface area contributed by atoms with E-state index in [1.807, 2.05) is 6.92 Å². The summed E-state index contributed by atoms with van der Waals surface area (Å²) in [5, 5.41) is 0. The van der Waals surface area contributed by atoms with Gasteiger partial charge in [0.15, 0.2) is 0 Å². The average Bonchev–Trinajstić information content (AvgIpc) is 2.82. The molecule has 1 saturated heterocycles. The zero-order valence-electron chi connectivity index (χ0n) is 16.3. The number of hydrogen-bond donors (Lipinski definition) is 0. The molecule has 0 aromatic heterocycles. The first-order valence-electron chi connectivity index (χ1n) is 9.34. The Morgan fingerprint density at radius 3 is 2.62 bits per heavy atom. The van der Waals surface area contributed by atoms with E-state index < -0.39 is 0 Å². The first kappa shape index (κ1) is 20.2. The molecule has 2 aliphatic rings. The number of ether oxygens (including phenoxy) is 2. The molecule has 0 aromatic carbocycles. The molecule has 0 aromatic rings. The number of carbonyl (C=O) groups is 2. The number of rotatable bonds is 1. The van der Waals surface area contributed by atoms with Gasteiger partial charge in [-0.05, 0) is 64.5 Å². The number of allylic oxidation sites excluding steroid dienone is 4. The molecule has 0 bridgehead atoms. The molecule has 3 atom stereocenters. The van der Waals surface area contributed by atoms with Crippen LogP contribution in [0.2, 0.25) is 0 Å². The normalized spacial score (nSPS) is 28.2. The summed E-state index contributed by atoms with van der Waals surface area (Å²) in [6.07, 6.45) is 10.1. The topological polar surface area (TPSA) is 52.6 Å². The van der Waals surface area contributed by atoms with Gasteiger partial charge >= 0.3 is 11.9 Å². The van der Waals surface area contributed by atoms with Gasteiger partial charge in [-0.25, -0.2) is 4.79 Å². The van der Waals surface area contributed by atoms with E-state index in [9.17, 15) is 9.59 Å². The smallest absolute Gasteiger partial charge is 0.334 e. The third-order valence-electron chi connectivity index (χ3n) is 5.14. The Hall–Kier alpha value is -2.10. The Bertz CT molecular complexity index is 666. The van der Waals surface area contributed by atoms with E-state index in [1.165, 1.54) is 18.1 Å². The second-order valence-corrected chi connectivity index (χ2v) is 7.42. The Morgan fingerprint density at radius 2 is 1.92 bits per heavy atom. The lowest BCUT2D eigenvalue weighted by Gasteiger charge is -2.20. The zero-order chi connectivity index (χ0) is 19.3. The minimum Gasteiger partial charge on any atom is -0.458 e. The molecule has 0 N–H and O–H groups in total. The van der Waals surface area contributed by atoms with Crippen LogP contribution in [0.3, 0.4) is 0 Å². The molecule has 0 unspecified atom stereocenters. The highest BCUT2D eigenvalue weighted by Gasteiger charge is 2.36. The highest BCUT2D eigenvalue weighted by molar-refractivity contribution is 5.91. The summed E-state index contributed by atoms with van der Waals surface area (Å²) in [7, 11) is 0. The van der Waals surface area contributed by atoms with Gasteiger partial charge in [-0.2, -0.15) is 0 Å². The summed E-state index contributed by atoms with van der Waals surface area (Å²) in [4.78, 5) is 23.5. The van der Waals surface area contributed by atoms with Gasteiger partial charge in [-0.1, -0.05) is 29.9 Å². The molecular formula is C22H30O4. The van der Waals surface area contributed by atoms with E-state index >= 15 is 0 Å². The fourth-order valence-corrected chi connectivity index (χ4v) is 3.45. The van der Waals surface area contributed by atoms with Gasteiger partial charge in [0.1, 0.15) is 12.2 Å². The summed E-state index contributed by atoms with van der Waals surface area (Å²) < 4.78 is 11.0. The van der Waals surface area contributed by atoms with Gasteiger partial charge in [0.05, 0.1) is 0 Å². The Balaban J connectivity index is 2.30. The Labute approximate surface area is 156 Å². The van der Waals surface area contributed by atoms with Crippen LogP contribution in [0.4, 0.5) is 0 Å². The van der Waals surface area contributed by atoms with Gasteiger partial charge in [0, 0.05) is 18.4 Å². The number of carbonyl (C=O) groups excluding carboxylic acids is 2. The highest BCUT2D eigenvalue weighted by Crippen LogP contribution is 2.33. The molecular weight excluding hydrogens is 328 g/mol. The van der Waals surface area contributed by atoms with Crippen molar-refractivity contribution in [2.24, 2.45) is 5.92 Å². The number of hydrogen-bond acceptors (Lipinski definition) is 4. The minimum atomic E-state index is -0.313. The summed E-state index contributed by atoms with van der Waals surface area (Å²) in [6, 6.07) is 0. The van der Waals surface area contributed by atoms with Crippen LogP contribution in [0, 0.1) is 5.92 Å². The average molecular weight is 358 g/mol. The van der Waals surface area contributed by atoms with Crippen LogP contribution < -0.4 is 0 Å². The quantitative estimate of drug-likeness (QED) is 0.383. The molecule has 0 spiro atoms. The first-order chi connectivity index (χ1) is 12.3. The van der Waals surface area contributed by atoms with Crippen molar-refractivity contribution >= 4 is 11.9 Å². The van der Waals surface area contributed by atoms with E-state index in [4.69, 9.17) is 9.47 Å². The van der Waals surface area contributed by atoms with Crippen LogP contribution in [-0.4, -0.2) is 24.1 Å². The summed E-state index contributed by atoms with van der Waals surface area (Å²) in [6.45, 7) is 11.5. The molecule has 0 saturated carbocycles. The van der Waals surface area contributed by atoms with Gasteiger partial charge in [0.2, 0.25) is 0 Å². The molecule has 2 rings (SSSR count). The molecule has 26 heavy (non-hydrogen) atoms. The maximum atomic E-state index is 12.0. The predicted molar refractivity (Wildman–Crippen MR) is 102 cm³/mol. The van der Waals surface area contributed by atoms with Gasteiger partial charge in [0.25, 0.3) is 0 Å². The van der Waals surface area contributed by atoms with Crippen molar-refractivity contribution in [2.45, 2.75) is 72.0 Å². The lowest BCUT2D eigenvalue weighted by Crippen LogP contribution is -2.19. The van der Waals surface area contributed by atoms with Crippen molar-refractivity contribution < 1.29 is 19.1 Å². The molecule has 4 nitrogen and oxygen atoms in total. The van der Waals surface area contributed by atoms with Crippen molar-refractivity contribution in [3.8, 4) is 0 Å². The second kappa shape index (κ2) is 9.02. The first-order valence-corrected chi connectivity index (χ1v) is 9.34. The molecule has 0 amide bonds. The maximum Gasteiger partial charge on any atom is 0.334 e. The molecule has 1 aliphatic carbocycles. The standard InChI is InChI=1S/C22H30O4/c1-14-7-6-8-15(2)13-21-19(17(4)22(24)26-21)11-10-16(3)20(12-9-14)25-18(5)23/h7,10,13,19-21H,4,6,8-9,11-12H2,1-3,5H3/t19-,20-,21-/m1/s1. The lowest BCUT2D eigenvalue weighted by molar-refractivity contribution is -0.145. The molecule has 1 heterocycles. The second-order valence-electron chi connectivity index (χ2n) is 7.42. The highest BCUT2D eigenvalue weighted by atomic mass is 16.6. The van der Waals surface area contributed by atoms with Crippen LogP contribution in [0.5, 0.6) is 0 Å². The van der Waals surface area contributed by atoms with Crippen molar-refractivity contribution in [1.82, 2.24) is 0 Å². The molecule has 1 fully saturated rings. The lowest BCUT2D eigenvalue weighted by atomic mass is 9.90. The van der Waals surface area contributed by atoms with Crippen molar-refractivity contribution in [1.29, 1.82) is 0 Å². The van der Waals surface area contributed by atoms with Crippen LogP contribution in [0.15, 0.2) is 47.1 Å². The van der Waals surface area contributed by atoms with E-state index in [0.717, 1.165) is 31.3 Å². The van der Waals surface area contributed by atoms with Crippen molar-refractivity contribution in [3.63, 3.8) is 0 Å². The largest absolute Gasteiger partial charge is 0.458 e. The number of fused-ring (bicyclic) bond motifs is 1. The van der Waals surface area contributed by atoms with E-state index in [0.29, 0.717) is 12.0 Å². The number of esters is 2. The van der Waals surface area contributed by atoms with Crippen molar-refractivity contribution in [3.05, 3.63) is 47.1 Å². The van der Waals surface area contributed by atoms with Gasteiger partial charge < -0.3 is 9.47 Å². The monoisotopic (exact) mass is 358 g/mol. The summed E-state index contributed by atoms with van der Waals surface area (Å²) in [5.74, 6) is -0.650. The minimum absolute atomic E-state index is 0.0643. The van der Waals surface area contributed by atoms with Gasteiger partial charge in [-0.15, -0.1) is 0 Å². The third-order valence-corrected chi connectivity index (χ3v) is 5.14. The van der Waals surface area contributed by atoms with Crippen LogP contribution in [-0.2, 0) is 19.1 Å². The molecule has 4 heteroatoms. The maximum absolute atomic E-state index is 12.0. The predicted octanol–water partition coefficient (Wildman–Crippen LogP) is 4.82. The molecule has 0 radical (unpaired) electrons. The molecule has 1 aliphatic heterocycles. The van der Waals surface area contributed by atoms with Crippen LogP contribution >= 0.6 is 0 Å². The van der Waals surface area contributed by atoms with Crippen molar-refractivity contribution in [2.75, 3.05) is 0 Å². The Morgan fingerprint density at radius 1 is 1.19 bits per heavy atom. The van der Waals surface area contributed by atoms with E-state index in [1.54, 1.807) is 0 Å². The Kier molecular flexibility index (Phi) is 7.01. The van der Waals surface area contributed by atoms with Gasteiger partial charge in [-0.3, -0.25) is 4.79 Å². The van der Waals surface area contributed by atoms with Crippen LogP contribution in [0.25, 0.3) is 0 Å². The fourth-order valence-electron chi connectivity index (χ4n) is 3.45. The molecule has 142 valence electrons. The van der Waals surface area contributed by atoms with E-state index in [-0.39, 0.29) is 30.1 Å². The SMILES string of the molecule is C=C1C(=O)O[C@@H]2C=C(C)CCC=C(C)CC[C@@H](OC(C)=O)C(C)=CC[C@H]12. The summed E-state index contributed by atoms with van der Waals surface area (Å²) in [5.41, 5.74) is 4.06. The summed E-state index contributed by atoms with van der Waals surface area (Å²) >= 11 is 0. The third kappa shape index (κ3) is 5.45. The zero-order valence-corrected chi connectivity index (χ0v) is 16.3.